The van der Waals surface area contributed by atoms with Crippen molar-refractivity contribution in [3.8, 4) is 6.07 Å². The van der Waals surface area contributed by atoms with Gasteiger partial charge in [0, 0.05) is 6.04 Å². The molecule has 0 amide bonds. The van der Waals surface area contributed by atoms with Crippen LogP contribution in [0.25, 0.3) is 0 Å². The molecule has 1 aromatic carbocycles. The van der Waals surface area contributed by atoms with Crippen LogP contribution in [0.4, 0.5) is 0 Å². The molecule has 2 atom stereocenters. The molecule has 2 rings (SSSR count). The number of rotatable bonds is 2. The second-order valence-corrected chi connectivity index (χ2v) is 3.72. The highest BCUT2D eigenvalue weighted by Gasteiger charge is 2.25. The SMILES string of the molecule is N#C[C@@H](c1ccccc1)[C@@H]1CCCN1. The van der Waals surface area contributed by atoms with Crippen LogP contribution in [0.5, 0.6) is 0 Å². The summed E-state index contributed by atoms with van der Waals surface area (Å²) < 4.78 is 0. The van der Waals surface area contributed by atoms with Crippen molar-refractivity contribution in [1.82, 2.24) is 5.32 Å². The predicted molar refractivity (Wildman–Crippen MR) is 55.8 cm³/mol. The molecule has 1 heterocycles. The van der Waals surface area contributed by atoms with E-state index in [1.54, 1.807) is 0 Å². The fraction of sp³-hybridized carbons (Fsp3) is 0.417. The Morgan fingerprint density at radius 3 is 2.71 bits per heavy atom. The third-order valence-corrected chi connectivity index (χ3v) is 2.80. The second-order valence-electron chi connectivity index (χ2n) is 3.72. The average molecular weight is 186 g/mol. The first kappa shape index (κ1) is 9.23. The van der Waals surface area contributed by atoms with Gasteiger partial charge in [0.1, 0.15) is 0 Å². The molecule has 0 radical (unpaired) electrons. The van der Waals surface area contributed by atoms with E-state index in [0.717, 1.165) is 18.5 Å². The average Bonchev–Trinajstić information content (AvgIpc) is 2.74. The summed E-state index contributed by atoms with van der Waals surface area (Å²) in [5.41, 5.74) is 1.13. The third-order valence-electron chi connectivity index (χ3n) is 2.80. The largest absolute Gasteiger partial charge is 0.312 e. The first-order valence-electron chi connectivity index (χ1n) is 5.10. The Kier molecular flexibility index (Phi) is 2.81. The molecule has 0 saturated carbocycles. The topological polar surface area (TPSA) is 35.8 Å². The maximum absolute atomic E-state index is 9.15. The molecule has 1 aromatic rings. The first-order valence-corrected chi connectivity index (χ1v) is 5.10. The first-order chi connectivity index (χ1) is 6.92. The Hall–Kier alpha value is -1.33. The molecule has 1 fully saturated rings. The Morgan fingerprint density at radius 2 is 2.14 bits per heavy atom. The van der Waals surface area contributed by atoms with E-state index in [9.17, 15) is 0 Å². The lowest BCUT2D eigenvalue weighted by atomic mass is 9.92. The van der Waals surface area contributed by atoms with Crippen molar-refractivity contribution in [2.45, 2.75) is 24.8 Å². The van der Waals surface area contributed by atoms with Gasteiger partial charge in [-0.2, -0.15) is 5.26 Å². The molecule has 1 saturated heterocycles. The Balaban J connectivity index is 2.18. The molecular weight excluding hydrogens is 172 g/mol. The lowest BCUT2D eigenvalue weighted by Crippen LogP contribution is -2.27. The standard InChI is InChI=1S/C12H14N2/c13-9-11(12-7-4-8-14-12)10-5-2-1-3-6-10/h1-3,5-6,11-12,14H,4,7-8H2/t11-,12-/m0/s1. The van der Waals surface area contributed by atoms with E-state index in [1.165, 1.54) is 6.42 Å². The van der Waals surface area contributed by atoms with Crippen molar-refractivity contribution in [2.75, 3.05) is 6.54 Å². The summed E-state index contributed by atoms with van der Waals surface area (Å²) in [5, 5.41) is 12.5. The van der Waals surface area contributed by atoms with Crippen LogP contribution >= 0.6 is 0 Å². The monoisotopic (exact) mass is 186 g/mol. The van der Waals surface area contributed by atoms with Crippen LogP contribution in [0.2, 0.25) is 0 Å². The highest BCUT2D eigenvalue weighted by molar-refractivity contribution is 5.27. The van der Waals surface area contributed by atoms with Crippen LogP contribution in [0.3, 0.4) is 0 Å². The second kappa shape index (κ2) is 4.26. The lowest BCUT2D eigenvalue weighted by Gasteiger charge is -2.16. The van der Waals surface area contributed by atoms with E-state index in [0.29, 0.717) is 6.04 Å². The zero-order valence-corrected chi connectivity index (χ0v) is 8.11. The van der Waals surface area contributed by atoms with E-state index >= 15 is 0 Å². The molecule has 0 spiro atoms. The van der Waals surface area contributed by atoms with E-state index < -0.39 is 0 Å². The highest BCUT2D eigenvalue weighted by Crippen LogP contribution is 2.24. The van der Waals surface area contributed by atoms with Crippen LogP contribution in [0.1, 0.15) is 24.3 Å². The minimum atomic E-state index is 0.0127. The maximum Gasteiger partial charge on any atom is 0.0865 e. The zero-order chi connectivity index (χ0) is 9.80. The Bertz CT molecular complexity index is 320. The fourth-order valence-corrected chi connectivity index (χ4v) is 2.05. The number of nitriles is 1. The van der Waals surface area contributed by atoms with Gasteiger partial charge in [-0.15, -0.1) is 0 Å². The molecule has 2 nitrogen and oxygen atoms in total. The minimum Gasteiger partial charge on any atom is -0.312 e. The zero-order valence-electron chi connectivity index (χ0n) is 8.11. The summed E-state index contributed by atoms with van der Waals surface area (Å²) >= 11 is 0. The van der Waals surface area contributed by atoms with Gasteiger partial charge in [-0.05, 0) is 24.9 Å². The molecule has 1 N–H and O–H groups in total. The van der Waals surface area contributed by atoms with E-state index in [4.69, 9.17) is 5.26 Å². The smallest absolute Gasteiger partial charge is 0.0865 e. The van der Waals surface area contributed by atoms with Gasteiger partial charge in [-0.25, -0.2) is 0 Å². The van der Waals surface area contributed by atoms with Crippen LogP contribution < -0.4 is 5.32 Å². The third kappa shape index (κ3) is 1.78. The molecule has 1 aliphatic heterocycles. The molecule has 72 valence electrons. The Labute approximate surface area is 84.6 Å². The van der Waals surface area contributed by atoms with Crippen molar-refractivity contribution in [1.29, 1.82) is 5.26 Å². The summed E-state index contributed by atoms with van der Waals surface area (Å²) in [4.78, 5) is 0. The van der Waals surface area contributed by atoms with Gasteiger partial charge in [0.2, 0.25) is 0 Å². The lowest BCUT2D eigenvalue weighted by molar-refractivity contribution is 0.558. The quantitative estimate of drug-likeness (QED) is 0.767. The van der Waals surface area contributed by atoms with Gasteiger partial charge >= 0.3 is 0 Å². The number of hydrogen-bond donors (Lipinski definition) is 1. The normalized spacial score (nSPS) is 22.9. The van der Waals surface area contributed by atoms with Crippen LogP contribution in [-0.4, -0.2) is 12.6 Å². The molecule has 0 unspecified atom stereocenters. The van der Waals surface area contributed by atoms with Gasteiger partial charge in [-0.3, -0.25) is 0 Å². The van der Waals surface area contributed by atoms with Crippen molar-refractivity contribution < 1.29 is 0 Å². The van der Waals surface area contributed by atoms with E-state index in [1.807, 2.05) is 30.3 Å². The molecular formula is C12H14N2. The van der Waals surface area contributed by atoms with Crippen molar-refractivity contribution in [3.63, 3.8) is 0 Å². The molecule has 0 bridgehead atoms. The van der Waals surface area contributed by atoms with Crippen molar-refractivity contribution >= 4 is 0 Å². The van der Waals surface area contributed by atoms with E-state index in [2.05, 4.69) is 11.4 Å². The van der Waals surface area contributed by atoms with Gasteiger partial charge in [0.25, 0.3) is 0 Å². The van der Waals surface area contributed by atoms with E-state index in [-0.39, 0.29) is 5.92 Å². The molecule has 14 heavy (non-hydrogen) atoms. The minimum absolute atomic E-state index is 0.0127. The van der Waals surface area contributed by atoms with Crippen molar-refractivity contribution in [2.24, 2.45) is 0 Å². The van der Waals surface area contributed by atoms with Gasteiger partial charge in [0.15, 0.2) is 0 Å². The Morgan fingerprint density at radius 1 is 1.36 bits per heavy atom. The van der Waals surface area contributed by atoms with Crippen molar-refractivity contribution in [3.05, 3.63) is 35.9 Å². The molecule has 0 aromatic heterocycles. The fourth-order valence-electron chi connectivity index (χ4n) is 2.05. The van der Waals surface area contributed by atoms with Crippen LogP contribution in [0.15, 0.2) is 30.3 Å². The summed E-state index contributed by atoms with van der Waals surface area (Å²) in [7, 11) is 0. The highest BCUT2D eigenvalue weighted by atomic mass is 14.9. The molecule has 1 aliphatic rings. The van der Waals surface area contributed by atoms with Crippen LogP contribution in [0, 0.1) is 11.3 Å². The maximum atomic E-state index is 9.15. The van der Waals surface area contributed by atoms with Gasteiger partial charge < -0.3 is 5.32 Å². The number of nitrogens with one attached hydrogen (secondary N) is 1. The number of benzene rings is 1. The predicted octanol–water partition coefficient (Wildman–Crippen LogP) is 2.05. The molecule has 2 heteroatoms. The van der Waals surface area contributed by atoms with Gasteiger partial charge in [0.05, 0.1) is 12.0 Å². The number of nitrogens with zero attached hydrogens (tertiary/aromatic N) is 1. The van der Waals surface area contributed by atoms with Crippen LogP contribution in [-0.2, 0) is 0 Å². The number of hydrogen-bond acceptors (Lipinski definition) is 2. The summed E-state index contributed by atoms with van der Waals surface area (Å²) in [5.74, 6) is 0.0127. The van der Waals surface area contributed by atoms with Gasteiger partial charge in [-0.1, -0.05) is 30.3 Å². The summed E-state index contributed by atoms with van der Waals surface area (Å²) in [6.07, 6.45) is 2.31. The molecule has 0 aliphatic carbocycles. The summed E-state index contributed by atoms with van der Waals surface area (Å²) in [6, 6.07) is 12.8. The summed E-state index contributed by atoms with van der Waals surface area (Å²) in [6.45, 7) is 1.05.